The van der Waals surface area contributed by atoms with Crippen LogP contribution in [0, 0.1) is 70.8 Å². The van der Waals surface area contributed by atoms with E-state index in [-0.39, 0.29) is 19.6 Å². The zero-order chi connectivity index (χ0) is 157. The summed E-state index contributed by atoms with van der Waals surface area (Å²) < 4.78 is 742. The molecule has 0 aromatic heterocycles. The Hall–Kier alpha value is -7.16. The van der Waals surface area contributed by atoms with Gasteiger partial charge in [0.2, 0.25) is 0 Å². The van der Waals surface area contributed by atoms with Crippen molar-refractivity contribution in [1.29, 1.82) is 0 Å². The maximum Gasteiger partial charge on any atom is 0.323 e. The number of carbonyl (C=O) groups excluding carboxylic acids is 4. The predicted octanol–water partition coefficient (Wildman–Crippen LogP) is 14.3. The lowest BCUT2D eigenvalue weighted by molar-refractivity contribution is -0.161. The molecule has 4 saturated heterocycles. The molecule has 0 aliphatic carbocycles. The lowest BCUT2D eigenvalue weighted by atomic mass is 9.79. The average molecular weight is 1750 g/mol. The number of esters is 4. The van der Waals surface area contributed by atoms with Gasteiger partial charge in [0.05, 0.1) is 81.4 Å². The topological polar surface area (TPSA) is 296 Å². The van der Waals surface area contributed by atoms with Gasteiger partial charge >= 0.3 is 23.9 Å². The first-order chi connectivity index (χ1) is 87.1. The van der Waals surface area contributed by atoms with Crippen LogP contribution >= 0.6 is 0 Å². The van der Waals surface area contributed by atoms with Crippen LogP contribution in [0.15, 0.2) is 48.3 Å². The third kappa shape index (κ3) is 23.8. The van der Waals surface area contributed by atoms with E-state index in [1.54, 1.807) is 0 Å². The Labute approximate surface area is 828 Å². The van der Waals surface area contributed by atoms with Crippen molar-refractivity contribution in [1.82, 2.24) is 19.6 Å². The summed E-state index contributed by atoms with van der Waals surface area (Å²) in [5, 5.41) is 0. The van der Waals surface area contributed by atoms with Crippen LogP contribution < -0.4 is 60.8 Å². The molecule has 672 valence electrons. The van der Waals surface area contributed by atoms with Gasteiger partial charge in [0.1, 0.15) is 48.5 Å². The Kier molecular flexibility index (Phi) is 13.1. The number of piperidine rings is 4. The first kappa shape index (κ1) is 35.7. The average Bonchev–Trinajstić information content (AvgIpc) is 0.644. The minimum Gasteiger partial charge on any atom is -0.493 e. The largest absolute Gasteiger partial charge is 0.493 e. The third-order valence-electron chi connectivity index (χ3n) is 17.5. The van der Waals surface area contributed by atoms with E-state index in [1.807, 2.05) is 0 Å². The highest BCUT2D eigenvalue weighted by Crippen LogP contribution is 2.50. The van der Waals surface area contributed by atoms with Crippen LogP contribution in [-0.4, -0.2) is 201 Å². The number of hydrogen-bond donors (Lipinski definition) is 4. The molecular formula is C96H152N8O16. The van der Waals surface area contributed by atoms with Crippen molar-refractivity contribution < 1.29 is 183 Å². The summed E-state index contributed by atoms with van der Waals surface area (Å²) >= 11 is 0. The molecule has 0 spiro atoms. The molecule has 8 heterocycles. The smallest absolute Gasteiger partial charge is 0.323 e. The molecule has 20 atom stereocenters. The summed E-state index contributed by atoms with van der Waals surface area (Å²) in [5.74, 6) is -49.3. The van der Waals surface area contributed by atoms with Crippen LogP contribution in [0.3, 0.4) is 0 Å². The molecule has 0 amide bonds. The van der Waals surface area contributed by atoms with E-state index in [1.165, 1.54) is 55.4 Å². The van der Waals surface area contributed by atoms with Crippen molar-refractivity contribution in [2.45, 2.75) is 260 Å². The molecule has 12 rings (SSSR count). The number of ether oxygens (including phenoxy) is 12. The van der Waals surface area contributed by atoms with Gasteiger partial charge < -0.3 is 79.8 Å². The first-order valence-electron chi connectivity index (χ1n) is 75.5. The molecule has 16 unspecified atom stereocenters. The minimum absolute atomic E-state index is 0.283. The van der Waals surface area contributed by atoms with E-state index in [9.17, 15) is 52.1 Å². The standard InChI is InChI=1S/4C24H38N2O4/c4*1-14(2)9-17-13-26-8-7-16-10-21(28-5)22(29-6)11-18(16)19(26)12-20(17)30-24(27)23(25)15(3)4/h4*10-11,14-15,17,19-20,23H,7-9,12-13,25H2,1-6H3/t4*17?,19?,20?,23-/m0000/s1/i2*1D3,5D3,7D2,8D2,9D2,10D,11D,12D2,13D2,14D,17D,20D;2*1D3,7D2,8D2,9D2,10D,11D,12D2,13D2,14D,17D,20D/t4*14?,17?,19?,20?,23-. The second kappa shape index (κ2) is 43.9. The molecule has 120 heavy (non-hydrogen) atoms. The van der Waals surface area contributed by atoms with Crippen LogP contribution in [0.5, 0.6) is 46.0 Å². The van der Waals surface area contributed by atoms with Gasteiger partial charge in [-0.3, -0.25) is 38.8 Å². The van der Waals surface area contributed by atoms with Crippen LogP contribution in [0.2, 0.25) is 0 Å². The molecule has 0 saturated carbocycles. The van der Waals surface area contributed by atoms with Gasteiger partial charge in [-0.05, 0) is 191 Å². The Morgan fingerprint density at radius 3 is 0.733 bits per heavy atom. The van der Waals surface area contributed by atoms with E-state index in [0.29, 0.717) is 27.7 Å². The van der Waals surface area contributed by atoms with Crippen molar-refractivity contribution in [3.8, 4) is 46.0 Å². The second-order valence-corrected chi connectivity index (χ2v) is 27.9. The Morgan fingerprint density at radius 2 is 0.558 bits per heavy atom. The highest BCUT2D eigenvalue weighted by Gasteiger charge is 2.47. The molecule has 8 aliphatic rings. The van der Waals surface area contributed by atoms with Gasteiger partial charge in [0.15, 0.2) is 46.0 Å². The maximum absolute atomic E-state index is 13.4. The summed E-state index contributed by atoms with van der Waals surface area (Å²) in [6.07, 6.45) is -65.7. The van der Waals surface area contributed by atoms with Gasteiger partial charge in [-0.1, -0.05) is 110 Å². The Morgan fingerprint density at radius 1 is 0.367 bits per heavy atom. The van der Waals surface area contributed by atoms with Gasteiger partial charge in [0.25, 0.3) is 0 Å². The van der Waals surface area contributed by atoms with Crippen LogP contribution in [-0.2, 0) is 63.6 Å². The van der Waals surface area contributed by atoms with E-state index >= 15 is 0 Å². The number of rotatable bonds is 28. The van der Waals surface area contributed by atoms with E-state index in [2.05, 4.69) is 0 Å². The molecule has 4 aromatic carbocycles. The predicted molar refractivity (Wildman–Crippen MR) is 471 cm³/mol. The Bertz CT molecular complexity index is 7450. The number of carbonyl (C=O) groups is 4. The van der Waals surface area contributed by atoms with Crippen molar-refractivity contribution in [2.24, 2.45) is 93.8 Å². The normalized spacial score (nSPS) is 49.1. The highest BCUT2D eigenvalue weighted by molar-refractivity contribution is 5.77. The summed E-state index contributed by atoms with van der Waals surface area (Å²) in [6.45, 7) is -35.6. The number of hydrogen-bond acceptors (Lipinski definition) is 24. The number of nitrogens with two attached hydrogens (primary N) is 4. The van der Waals surface area contributed by atoms with Crippen LogP contribution in [0.25, 0.3) is 0 Å². The summed E-state index contributed by atoms with van der Waals surface area (Å²) in [6, 6.07) is -27.3. The molecule has 4 fully saturated rings. The second-order valence-electron chi connectivity index (χ2n) is 27.9. The first-order valence-corrected chi connectivity index (χ1v) is 36.5. The zero-order valence-electron chi connectivity index (χ0n) is 147. The third-order valence-corrected chi connectivity index (χ3v) is 17.5. The highest BCUT2D eigenvalue weighted by atomic mass is 16.6. The van der Waals surface area contributed by atoms with Crippen molar-refractivity contribution in [3.05, 3.63) is 92.8 Å². The van der Waals surface area contributed by atoms with Gasteiger partial charge in [-0.25, -0.2) is 0 Å². The van der Waals surface area contributed by atoms with Crippen molar-refractivity contribution >= 4 is 23.9 Å². The van der Waals surface area contributed by atoms with Gasteiger partial charge in [-0.2, -0.15) is 0 Å². The Balaban J connectivity index is 0.000000286. The summed E-state index contributed by atoms with van der Waals surface area (Å²) in [5.41, 5.74) is 14.5. The fraction of sp³-hybridized carbons (Fsp3) is 0.708. The lowest BCUT2D eigenvalue weighted by Gasteiger charge is -2.47. The molecule has 4 aromatic rings. The van der Waals surface area contributed by atoms with Crippen LogP contribution in [0.4, 0.5) is 0 Å². The molecule has 24 heteroatoms. The molecule has 8 N–H and O–H groups in total. The van der Waals surface area contributed by atoms with E-state index in [4.69, 9.17) is 154 Å². The van der Waals surface area contributed by atoms with Gasteiger partial charge in [0, 0.05) is 207 Å². The quantitative estimate of drug-likeness (QED) is 0.0303. The number of benzene rings is 4. The molecule has 24 nitrogen and oxygen atoms in total. The molecule has 0 radical (unpaired) electrons. The SMILES string of the molecule is [2H]c1c(OC)c(OC([2H])([2H])[2H])c([2H])c2c1C1N(C([2H])([2H])C2([2H])[2H])C([2H])([2H])C([2H])(C([2H])([2H])C([2H])(C)C([2H])([2H])[2H])C([2H])(OC(=O)[C@@H](N)C(C)C)C1([2H])[2H].[2H]c1c(OC)c(OC([2H])([2H])[2H])c([2H])c2c1C1N(C([2H])([2H])C2([2H])[2H])C([2H])([2H])C([2H])(C([2H])([2H])C([2H])(C)C([2H])([2H])[2H])C([2H])(OC(=O)[C@@H](N)C(C)C)C1([2H])[2H].[2H]c1c(OC)c(OC)c([2H])c2c1C1N(C([2H])([2H])C2([2H])[2H])C([2H])([2H])C([2H])(C([2H])([2H])C([2H])(C)C([2H])([2H])[2H])C([2H])(OC(=O)[C@@H](N)C(C)C)C1([2H])[2H].[2H]c1c(OC)c(OC)c([2H])c2c1C1N(C([2H])([2H])C2([2H])[2H])C([2H])([2H])C([2H])(C([2H])([2H])C([2H])(C)C([2H])([2H])[2H])C([2H])(OC(=O)[C@@H](N)C(C)C)C1([2H])[2H]. The minimum atomic E-state index is -4.55. The monoisotopic (exact) mass is 1750 g/mol. The number of methoxy groups -OCH3 is 8. The fourth-order valence-corrected chi connectivity index (χ4v) is 10.9. The van der Waals surface area contributed by atoms with Gasteiger partial charge in [-0.15, -0.1) is 0 Å². The lowest BCUT2D eigenvalue weighted by Crippen LogP contribution is -2.51. The number of nitrogens with zero attached hydrogens (tertiary/aromatic N) is 4. The van der Waals surface area contributed by atoms with Crippen molar-refractivity contribution in [3.63, 3.8) is 0 Å². The van der Waals surface area contributed by atoms with Crippen LogP contribution in [0.1, 0.15) is 337 Å². The summed E-state index contributed by atoms with van der Waals surface area (Å²) in [7, 11) is -1.04. The molecule has 8 aliphatic heterocycles. The van der Waals surface area contributed by atoms with E-state index in [0.717, 1.165) is 42.7 Å². The summed E-state index contributed by atoms with van der Waals surface area (Å²) in [4.78, 5) is 52.3. The zero-order valence-corrected chi connectivity index (χ0v) is 68.6. The molecular weight excluding hydrogens is 1520 g/mol. The fourth-order valence-electron chi connectivity index (χ4n) is 10.9. The number of fused-ring (bicyclic) bond motifs is 12. The molecule has 0 bridgehead atoms. The van der Waals surface area contributed by atoms with Crippen molar-refractivity contribution in [2.75, 3.05) is 109 Å². The maximum atomic E-state index is 13.4. The van der Waals surface area contributed by atoms with E-state index < -0.39 is 476 Å².